The number of hydrogen-bond donors (Lipinski definition) is 2. The quantitative estimate of drug-likeness (QED) is 0.892. The highest BCUT2D eigenvalue weighted by molar-refractivity contribution is 6.32. The normalized spacial score (nSPS) is 15.2. The molecule has 0 unspecified atom stereocenters. The van der Waals surface area contributed by atoms with Crippen molar-refractivity contribution >= 4 is 23.5 Å². The topological polar surface area (TPSA) is 67.4 Å². The summed E-state index contributed by atoms with van der Waals surface area (Å²) in [6.07, 6.45) is 5.23. The van der Waals surface area contributed by atoms with E-state index in [1.165, 1.54) is 18.6 Å². The van der Waals surface area contributed by atoms with E-state index in [2.05, 4.69) is 10.6 Å². The van der Waals surface area contributed by atoms with Gasteiger partial charge in [0.2, 0.25) is 0 Å². The number of carbonyl (C=O) groups excluding carboxylic acids is 2. The van der Waals surface area contributed by atoms with Gasteiger partial charge in [-0.2, -0.15) is 0 Å². The van der Waals surface area contributed by atoms with Gasteiger partial charge < -0.3 is 10.1 Å². The summed E-state index contributed by atoms with van der Waals surface area (Å²) >= 11 is 5.77. The summed E-state index contributed by atoms with van der Waals surface area (Å²) in [5, 5.41) is 5.03. The summed E-state index contributed by atoms with van der Waals surface area (Å²) in [7, 11) is 0. The molecule has 1 aliphatic carbocycles. The number of benzene rings is 1. The maximum Gasteiger partial charge on any atom is 0.321 e. The number of hydrogen-bond acceptors (Lipinski definition) is 3. The van der Waals surface area contributed by atoms with Gasteiger partial charge in [-0.05, 0) is 31.0 Å². The third-order valence-corrected chi connectivity index (χ3v) is 3.74. The molecule has 0 saturated heterocycles. The summed E-state index contributed by atoms with van der Waals surface area (Å²) in [5.41, 5.74) is 0. The van der Waals surface area contributed by atoms with Gasteiger partial charge in [0.1, 0.15) is 11.6 Å². The second-order valence-corrected chi connectivity index (χ2v) is 5.63. The maximum absolute atomic E-state index is 12.9. The van der Waals surface area contributed by atoms with Crippen molar-refractivity contribution in [2.45, 2.75) is 38.1 Å². The summed E-state index contributed by atoms with van der Waals surface area (Å²) in [4.78, 5) is 23.3. The van der Waals surface area contributed by atoms with Gasteiger partial charge in [0.05, 0.1) is 5.02 Å². The van der Waals surface area contributed by atoms with Crippen LogP contribution in [0.15, 0.2) is 18.2 Å². The van der Waals surface area contributed by atoms with E-state index in [0.717, 1.165) is 31.7 Å². The molecule has 1 aromatic rings. The van der Waals surface area contributed by atoms with Gasteiger partial charge in [0, 0.05) is 6.04 Å². The van der Waals surface area contributed by atoms with Crippen LogP contribution in [0.4, 0.5) is 9.18 Å². The van der Waals surface area contributed by atoms with E-state index >= 15 is 0 Å². The van der Waals surface area contributed by atoms with Crippen LogP contribution in [0.25, 0.3) is 0 Å². The average molecular weight is 329 g/mol. The number of ether oxygens (including phenoxy) is 1. The predicted octanol–water partition coefficient (Wildman–Crippen LogP) is 3.02. The number of imide groups is 1. The molecule has 3 amide bonds. The molecule has 0 heterocycles. The Kier molecular flexibility index (Phi) is 6.00. The molecule has 0 radical (unpaired) electrons. The fourth-order valence-electron chi connectivity index (χ4n) is 2.37. The minimum atomic E-state index is -0.589. The molecule has 2 N–H and O–H groups in total. The Bertz CT molecular complexity index is 548. The molecule has 1 fully saturated rings. The van der Waals surface area contributed by atoms with E-state index < -0.39 is 17.8 Å². The first kappa shape index (κ1) is 16.5. The summed E-state index contributed by atoms with van der Waals surface area (Å²) < 4.78 is 18.0. The fourth-order valence-corrected chi connectivity index (χ4v) is 2.59. The smallest absolute Gasteiger partial charge is 0.321 e. The van der Waals surface area contributed by atoms with Crippen molar-refractivity contribution in [3.8, 4) is 5.75 Å². The molecule has 1 aliphatic rings. The third kappa shape index (κ3) is 5.18. The van der Waals surface area contributed by atoms with Crippen molar-refractivity contribution in [2.24, 2.45) is 0 Å². The maximum atomic E-state index is 12.9. The van der Waals surface area contributed by atoms with Crippen LogP contribution < -0.4 is 15.4 Å². The van der Waals surface area contributed by atoms with Crippen LogP contribution in [-0.2, 0) is 4.79 Å². The van der Waals surface area contributed by atoms with Crippen molar-refractivity contribution < 1.29 is 18.7 Å². The fraction of sp³-hybridized carbons (Fsp3) is 0.467. The summed E-state index contributed by atoms with van der Waals surface area (Å²) in [6.45, 7) is -0.372. The van der Waals surface area contributed by atoms with Gasteiger partial charge >= 0.3 is 6.03 Å². The summed E-state index contributed by atoms with van der Waals surface area (Å²) in [6, 6.07) is 3.19. The second kappa shape index (κ2) is 7.98. The lowest BCUT2D eigenvalue weighted by Crippen LogP contribution is -2.46. The SMILES string of the molecule is O=C(COc1ccc(F)cc1Cl)NC(=O)NC1CCCCC1. The van der Waals surface area contributed by atoms with E-state index in [1.54, 1.807) is 0 Å². The van der Waals surface area contributed by atoms with Gasteiger partial charge in [0.15, 0.2) is 6.61 Å². The minimum Gasteiger partial charge on any atom is -0.482 e. The molecule has 2 rings (SSSR count). The van der Waals surface area contributed by atoms with E-state index in [4.69, 9.17) is 16.3 Å². The first-order valence-corrected chi connectivity index (χ1v) is 7.60. The van der Waals surface area contributed by atoms with Gasteiger partial charge in [-0.3, -0.25) is 10.1 Å². The first-order valence-electron chi connectivity index (χ1n) is 7.23. The number of halogens is 2. The molecule has 0 atom stereocenters. The Morgan fingerprint density at radius 1 is 1.27 bits per heavy atom. The molecular formula is C15H18ClFN2O3. The first-order chi connectivity index (χ1) is 10.5. The summed E-state index contributed by atoms with van der Waals surface area (Å²) in [5.74, 6) is -0.895. The van der Waals surface area contributed by atoms with E-state index in [1.807, 2.05) is 0 Å². The molecule has 0 bridgehead atoms. The molecule has 0 spiro atoms. The highest BCUT2D eigenvalue weighted by Gasteiger charge is 2.17. The average Bonchev–Trinajstić information content (AvgIpc) is 2.47. The zero-order valence-corrected chi connectivity index (χ0v) is 12.8. The van der Waals surface area contributed by atoms with Crippen LogP contribution in [0.3, 0.4) is 0 Å². The standard InChI is InChI=1S/C15H18ClFN2O3/c16-12-8-10(17)6-7-13(12)22-9-14(20)19-15(21)18-11-4-2-1-3-5-11/h6-8,11H,1-5,9H2,(H2,18,19,20,21). The lowest BCUT2D eigenvalue weighted by atomic mass is 9.96. The van der Waals surface area contributed by atoms with Crippen molar-refractivity contribution in [1.29, 1.82) is 0 Å². The number of amides is 3. The largest absolute Gasteiger partial charge is 0.482 e. The van der Waals surface area contributed by atoms with Crippen molar-refractivity contribution in [2.75, 3.05) is 6.61 Å². The Morgan fingerprint density at radius 3 is 2.68 bits per heavy atom. The van der Waals surface area contributed by atoms with E-state index in [0.29, 0.717) is 0 Å². The van der Waals surface area contributed by atoms with Crippen molar-refractivity contribution in [1.82, 2.24) is 10.6 Å². The Labute approximate surface area is 133 Å². The molecule has 7 heteroatoms. The molecule has 5 nitrogen and oxygen atoms in total. The Hall–Kier alpha value is -1.82. The third-order valence-electron chi connectivity index (χ3n) is 3.45. The van der Waals surface area contributed by atoms with Crippen LogP contribution in [0.2, 0.25) is 5.02 Å². The molecule has 1 saturated carbocycles. The Morgan fingerprint density at radius 2 is 2.00 bits per heavy atom. The monoisotopic (exact) mass is 328 g/mol. The van der Waals surface area contributed by atoms with E-state index in [-0.39, 0.29) is 23.4 Å². The molecule has 120 valence electrons. The molecule has 1 aromatic carbocycles. The molecule has 0 aromatic heterocycles. The van der Waals surface area contributed by atoms with Crippen LogP contribution in [0.1, 0.15) is 32.1 Å². The predicted molar refractivity (Wildman–Crippen MR) is 80.5 cm³/mol. The Balaban J connectivity index is 1.73. The number of urea groups is 1. The highest BCUT2D eigenvalue weighted by Crippen LogP contribution is 2.24. The molecule has 22 heavy (non-hydrogen) atoms. The second-order valence-electron chi connectivity index (χ2n) is 5.22. The van der Waals surface area contributed by atoms with Gasteiger partial charge in [0.25, 0.3) is 5.91 Å². The van der Waals surface area contributed by atoms with Crippen molar-refractivity contribution in [3.63, 3.8) is 0 Å². The van der Waals surface area contributed by atoms with E-state index in [9.17, 15) is 14.0 Å². The van der Waals surface area contributed by atoms with Crippen LogP contribution in [0, 0.1) is 5.82 Å². The lowest BCUT2D eigenvalue weighted by Gasteiger charge is -2.22. The van der Waals surface area contributed by atoms with Gasteiger partial charge in [-0.25, -0.2) is 9.18 Å². The zero-order chi connectivity index (χ0) is 15.9. The molecular weight excluding hydrogens is 311 g/mol. The number of nitrogens with one attached hydrogen (secondary N) is 2. The zero-order valence-electron chi connectivity index (χ0n) is 12.0. The van der Waals surface area contributed by atoms with Crippen LogP contribution in [0.5, 0.6) is 5.75 Å². The minimum absolute atomic E-state index is 0.0689. The van der Waals surface area contributed by atoms with Crippen molar-refractivity contribution in [3.05, 3.63) is 29.0 Å². The lowest BCUT2D eigenvalue weighted by molar-refractivity contribution is -0.122. The number of rotatable bonds is 4. The van der Waals surface area contributed by atoms with Gasteiger partial charge in [-0.1, -0.05) is 30.9 Å². The van der Waals surface area contributed by atoms with Gasteiger partial charge in [-0.15, -0.1) is 0 Å². The van der Waals surface area contributed by atoms with Crippen LogP contribution >= 0.6 is 11.6 Å². The molecule has 0 aliphatic heterocycles. The highest BCUT2D eigenvalue weighted by atomic mass is 35.5. The number of carbonyl (C=O) groups is 2. The van der Waals surface area contributed by atoms with Crippen LogP contribution in [-0.4, -0.2) is 24.6 Å².